The molecule has 3 aliphatic rings. The van der Waals surface area contributed by atoms with Crippen LogP contribution >= 0.6 is 0 Å². The van der Waals surface area contributed by atoms with Crippen molar-refractivity contribution in [2.24, 2.45) is 0 Å². The molecule has 1 aromatic rings. The van der Waals surface area contributed by atoms with Crippen molar-refractivity contribution in [2.75, 3.05) is 26.8 Å². The van der Waals surface area contributed by atoms with Crippen LogP contribution < -0.4 is 0 Å². The fourth-order valence-corrected chi connectivity index (χ4v) is 5.09. The minimum atomic E-state index is -0.228. The van der Waals surface area contributed by atoms with Gasteiger partial charge >= 0.3 is 0 Å². The van der Waals surface area contributed by atoms with Crippen molar-refractivity contribution in [3.63, 3.8) is 0 Å². The van der Waals surface area contributed by atoms with Crippen LogP contribution in [-0.2, 0) is 10.2 Å². The highest BCUT2D eigenvalue weighted by Gasteiger charge is 2.56. The fourth-order valence-electron chi connectivity index (χ4n) is 5.09. The van der Waals surface area contributed by atoms with Gasteiger partial charge in [-0.05, 0) is 50.6 Å². The number of methoxy groups -OCH3 is 1. The molecule has 0 spiro atoms. The Balaban J connectivity index is 1.79. The molecule has 0 amide bonds. The van der Waals surface area contributed by atoms with E-state index >= 15 is 0 Å². The Labute approximate surface area is 147 Å². The molecule has 2 bridgehead atoms. The topological polar surface area (TPSA) is 32.7 Å². The van der Waals surface area contributed by atoms with E-state index in [0.29, 0.717) is 0 Å². The summed E-state index contributed by atoms with van der Waals surface area (Å²) >= 11 is 0. The Morgan fingerprint density at radius 3 is 2.42 bits per heavy atom. The predicted octanol–water partition coefficient (Wildman–Crippen LogP) is 3.75. The lowest BCUT2D eigenvalue weighted by molar-refractivity contribution is -0.103. The number of rotatable bonds is 8. The van der Waals surface area contributed by atoms with Gasteiger partial charge in [-0.25, -0.2) is 0 Å². The van der Waals surface area contributed by atoms with Gasteiger partial charge in [-0.1, -0.05) is 43.7 Å². The second-order valence-electron chi connectivity index (χ2n) is 7.80. The van der Waals surface area contributed by atoms with Crippen LogP contribution in [0.3, 0.4) is 0 Å². The Kier molecular flexibility index (Phi) is 5.63. The van der Waals surface area contributed by atoms with E-state index in [-0.39, 0.29) is 17.1 Å². The van der Waals surface area contributed by atoms with E-state index in [9.17, 15) is 5.11 Å². The molecule has 3 aliphatic carbocycles. The second-order valence-corrected chi connectivity index (χ2v) is 7.80. The van der Waals surface area contributed by atoms with Crippen molar-refractivity contribution in [1.29, 1.82) is 0 Å². The number of aliphatic hydroxyl groups is 1. The molecular formula is C21H33NO2. The summed E-state index contributed by atoms with van der Waals surface area (Å²) in [5.74, 6) is 0. The van der Waals surface area contributed by atoms with E-state index in [2.05, 4.69) is 42.2 Å². The van der Waals surface area contributed by atoms with Crippen molar-refractivity contribution < 1.29 is 9.84 Å². The molecule has 1 atom stereocenters. The highest BCUT2D eigenvalue weighted by molar-refractivity contribution is 5.31. The van der Waals surface area contributed by atoms with Gasteiger partial charge in [0.1, 0.15) is 0 Å². The second kappa shape index (κ2) is 7.55. The van der Waals surface area contributed by atoms with Crippen LogP contribution in [-0.4, -0.2) is 48.5 Å². The molecule has 3 saturated carbocycles. The van der Waals surface area contributed by atoms with Gasteiger partial charge < -0.3 is 9.84 Å². The summed E-state index contributed by atoms with van der Waals surface area (Å²) in [5, 5.41) is 11.1. The first-order chi connectivity index (χ1) is 11.7. The quantitative estimate of drug-likeness (QED) is 0.787. The van der Waals surface area contributed by atoms with Gasteiger partial charge in [-0.2, -0.15) is 0 Å². The van der Waals surface area contributed by atoms with Gasteiger partial charge in [0.2, 0.25) is 0 Å². The smallest absolute Gasteiger partial charge is 0.0654 e. The normalized spacial score (nSPS) is 32.4. The number of hydrogen-bond donors (Lipinski definition) is 1. The summed E-state index contributed by atoms with van der Waals surface area (Å²) in [5.41, 5.74) is 1.51. The number of benzene rings is 1. The zero-order valence-corrected chi connectivity index (χ0v) is 15.3. The molecule has 1 aromatic carbocycles. The number of fused-ring (bicyclic) bond motifs is 3. The van der Waals surface area contributed by atoms with Crippen LogP contribution in [0.4, 0.5) is 0 Å². The standard InChI is InChI=1S/C21H33NO2/c1-3-4-14-22(15-16-24-2)20-10-12-21(13-11-20,19(23)17-20)18-8-6-5-7-9-18/h5-9,19,23H,3-4,10-17H2,1-2H3/t19-,20?,21?/m1/s1. The molecule has 0 saturated heterocycles. The third-order valence-corrected chi connectivity index (χ3v) is 6.65. The molecular weight excluding hydrogens is 298 g/mol. The summed E-state index contributed by atoms with van der Waals surface area (Å²) in [7, 11) is 1.78. The molecule has 0 aromatic heterocycles. The SMILES string of the molecule is CCCCN(CCOC)C12CCC(c3ccccc3)(CC1)[C@H](O)C2. The Hall–Kier alpha value is -0.900. The highest BCUT2D eigenvalue weighted by Crippen LogP contribution is 2.55. The molecule has 0 unspecified atom stereocenters. The predicted molar refractivity (Wildman–Crippen MR) is 98.3 cm³/mol. The van der Waals surface area contributed by atoms with Crippen LogP contribution in [0, 0.1) is 0 Å². The lowest BCUT2D eigenvalue weighted by Crippen LogP contribution is -2.64. The van der Waals surface area contributed by atoms with E-state index in [1.165, 1.54) is 31.2 Å². The molecule has 3 fully saturated rings. The van der Waals surface area contributed by atoms with Gasteiger partial charge in [0.25, 0.3) is 0 Å². The van der Waals surface area contributed by atoms with E-state index in [1.807, 2.05) is 0 Å². The lowest BCUT2D eigenvalue weighted by atomic mass is 9.53. The maximum Gasteiger partial charge on any atom is 0.0654 e. The Morgan fingerprint density at radius 1 is 1.12 bits per heavy atom. The Bertz CT molecular complexity index is 500. The fraction of sp³-hybridized carbons (Fsp3) is 0.714. The summed E-state index contributed by atoms with van der Waals surface area (Å²) in [6, 6.07) is 10.7. The minimum absolute atomic E-state index is 0.0132. The average molecular weight is 332 g/mol. The molecule has 0 heterocycles. The first-order valence-corrected chi connectivity index (χ1v) is 9.64. The van der Waals surface area contributed by atoms with Gasteiger partial charge in [-0.15, -0.1) is 0 Å². The Morgan fingerprint density at radius 2 is 1.83 bits per heavy atom. The first kappa shape index (κ1) is 17.9. The summed E-state index contributed by atoms with van der Waals surface area (Å²) in [6.07, 6.45) is 7.74. The highest BCUT2D eigenvalue weighted by atomic mass is 16.5. The van der Waals surface area contributed by atoms with Gasteiger partial charge in [0, 0.05) is 24.6 Å². The maximum absolute atomic E-state index is 11.1. The molecule has 134 valence electrons. The number of aliphatic hydroxyl groups excluding tert-OH is 1. The molecule has 3 nitrogen and oxygen atoms in total. The summed E-state index contributed by atoms with van der Waals surface area (Å²) in [4.78, 5) is 2.64. The lowest BCUT2D eigenvalue weighted by Gasteiger charge is -2.60. The van der Waals surface area contributed by atoms with Gasteiger partial charge in [0.05, 0.1) is 12.7 Å². The molecule has 1 N–H and O–H groups in total. The monoisotopic (exact) mass is 331 g/mol. The maximum atomic E-state index is 11.1. The molecule has 3 heteroatoms. The average Bonchev–Trinajstić information content (AvgIpc) is 2.63. The zero-order chi connectivity index (χ0) is 17.0. The van der Waals surface area contributed by atoms with Crippen molar-refractivity contribution in [3.8, 4) is 0 Å². The molecule has 24 heavy (non-hydrogen) atoms. The first-order valence-electron chi connectivity index (χ1n) is 9.64. The van der Waals surface area contributed by atoms with Crippen LogP contribution in [0.15, 0.2) is 30.3 Å². The molecule has 0 radical (unpaired) electrons. The van der Waals surface area contributed by atoms with E-state index in [0.717, 1.165) is 39.0 Å². The number of unbranched alkanes of at least 4 members (excludes halogenated alkanes) is 1. The third kappa shape index (κ3) is 3.14. The molecule has 4 rings (SSSR count). The molecule has 0 aliphatic heterocycles. The zero-order valence-electron chi connectivity index (χ0n) is 15.3. The van der Waals surface area contributed by atoms with Gasteiger partial charge in [-0.3, -0.25) is 4.90 Å². The van der Waals surface area contributed by atoms with E-state index in [4.69, 9.17) is 4.74 Å². The van der Waals surface area contributed by atoms with Crippen molar-refractivity contribution in [3.05, 3.63) is 35.9 Å². The van der Waals surface area contributed by atoms with Crippen LogP contribution in [0.2, 0.25) is 0 Å². The third-order valence-electron chi connectivity index (χ3n) is 6.65. The summed E-state index contributed by atoms with van der Waals surface area (Å²) < 4.78 is 5.36. The van der Waals surface area contributed by atoms with Crippen molar-refractivity contribution in [2.45, 2.75) is 68.9 Å². The van der Waals surface area contributed by atoms with Gasteiger partial charge in [0.15, 0.2) is 0 Å². The largest absolute Gasteiger partial charge is 0.392 e. The number of hydrogen-bond acceptors (Lipinski definition) is 3. The van der Waals surface area contributed by atoms with Crippen molar-refractivity contribution >= 4 is 0 Å². The van der Waals surface area contributed by atoms with Crippen LogP contribution in [0.1, 0.15) is 57.4 Å². The van der Waals surface area contributed by atoms with Crippen LogP contribution in [0.25, 0.3) is 0 Å². The van der Waals surface area contributed by atoms with Crippen molar-refractivity contribution in [1.82, 2.24) is 4.90 Å². The number of nitrogens with zero attached hydrogens (tertiary/aromatic N) is 1. The van der Waals surface area contributed by atoms with E-state index in [1.54, 1.807) is 7.11 Å². The van der Waals surface area contributed by atoms with Crippen LogP contribution in [0.5, 0.6) is 0 Å². The number of ether oxygens (including phenoxy) is 1. The van der Waals surface area contributed by atoms with E-state index < -0.39 is 0 Å². The minimum Gasteiger partial charge on any atom is -0.392 e. The summed E-state index contributed by atoms with van der Waals surface area (Å²) in [6.45, 7) is 5.15.